The largest absolute Gasteiger partial charge is 0.0918 e. The highest BCUT2D eigenvalue weighted by Gasteiger charge is 2.30. The highest BCUT2D eigenvalue weighted by atomic mass is 127. The smallest absolute Gasteiger partial charge is 0.0408 e. The molecule has 2 rings (SSSR count). The molecule has 0 spiro atoms. The fourth-order valence-electron chi connectivity index (χ4n) is 2.20. The van der Waals surface area contributed by atoms with Gasteiger partial charge in [-0.1, -0.05) is 67.7 Å². The van der Waals surface area contributed by atoms with Crippen molar-refractivity contribution in [2.24, 2.45) is 0 Å². The molecule has 0 unspecified atom stereocenters. The van der Waals surface area contributed by atoms with Crippen molar-refractivity contribution in [2.45, 2.75) is 11.8 Å². The third-order valence-corrected chi connectivity index (χ3v) is 6.51. The molecular weight excluding hydrogens is 514 g/mol. The summed E-state index contributed by atoms with van der Waals surface area (Å²) in [5.74, 6) is 0. The number of halogens is 4. The normalized spacial score (nSPS) is 11.6. The van der Waals surface area contributed by atoms with Crippen molar-refractivity contribution in [3.05, 3.63) is 68.3 Å². The van der Waals surface area contributed by atoms with Gasteiger partial charge in [0.25, 0.3) is 0 Å². The maximum Gasteiger partial charge on any atom is 0.0408 e. The van der Waals surface area contributed by atoms with Crippen molar-refractivity contribution < 1.29 is 0 Å². The Balaban J connectivity index is 2.36. The summed E-state index contributed by atoms with van der Waals surface area (Å²) in [4.78, 5) is 0. The molecule has 4 heteroatoms. The van der Waals surface area contributed by atoms with Crippen LogP contribution in [0, 0.1) is 3.57 Å². The van der Waals surface area contributed by atoms with Gasteiger partial charge in [0.05, 0.1) is 0 Å². The number of hydrogen-bond acceptors (Lipinski definition) is 0. The van der Waals surface area contributed by atoms with E-state index in [9.17, 15) is 0 Å². The number of rotatable bonds is 5. The summed E-state index contributed by atoms with van der Waals surface area (Å²) in [5, 5.41) is 2.56. The quantitative estimate of drug-likeness (QED) is 0.320. The molecule has 20 heavy (non-hydrogen) atoms. The highest BCUT2D eigenvalue weighted by Crippen LogP contribution is 2.34. The molecule has 0 aliphatic heterocycles. The van der Waals surface area contributed by atoms with Crippen LogP contribution in [0.1, 0.15) is 11.1 Å². The van der Waals surface area contributed by atoms with Crippen LogP contribution in [0.5, 0.6) is 0 Å². The van der Waals surface area contributed by atoms with Crippen molar-refractivity contribution in [3.8, 4) is 0 Å². The van der Waals surface area contributed by atoms with Crippen molar-refractivity contribution in [3.63, 3.8) is 0 Å². The van der Waals surface area contributed by atoms with Gasteiger partial charge in [-0.05, 0) is 64.4 Å². The Hall–Kier alpha value is 0.420. The van der Waals surface area contributed by atoms with Crippen LogP contribution in [0.15, 0.2) is 48.5 Å². The predicted octanol–water partition coefficient (Wildman–Crippen LogP) is 6.21. The molecule has 0 aliphatic carbocycles. The molecule has 2 aromatic rings. The van der Waals surface area contributed by atoms with Gasteiger partial charge < -0.3 is 0 Å². The van der Waals surface area contributed by atoms with E-state index in [1.54, 1.807) is 0 Å². The Labute approximate surface area is 155 Å². The van der Waals surface area contributed by atoms with Gasteiger partial charge in [0.15, 0.2) is 0 Å². The summed E-state index contributed by atoms with van der Waals surface area (Å²) in [6, 6.07) is 16.9. The summed E-state index contributed by atoms with van der Waals surface area (Å²) in [6.07, 6.45) is 0.973. The Morgan fingerprint density at radius 2 is 1.65 bits per heavy atom. The third kappa shape index (κ3) is 3.99. The van der Waals surface area contributed by atoms with Crippen molar-refractivity contribution >= 4 is 66.1 Å². The second-order valence-electron chi connectivity index (χ2n) is 4.86. The predicted molar refractivity (Wildman–Crippen MR) is 104 cm³/mol. The highest BCUT2D eigenvalue weighted by molar-refractivity contribution is 14.1. The van der Waals surface area contributed by atoms with E-state index in [1.807, 2.05) is 12.1 Å². The first-order valence-electron chi connectivity index (χ1n) is 6.22. The van der Waals surface area contributed by atoms with Crippen LogP contribution in [0.4, 0.5) is 0 Å². The second kappa shape index (κ2) is 7.61. The Bertz CT molecular complexity index is 565. The lowest BCUT2D eigenvalue weighted by molar-refractivity contribution is 0.551. The van der Waals surface area contributed by atoms with Crippen LogP contribution in [0.2, 0.25) is 5.02 Å². The molecule has 0 radical (unpaired) electrons. The maximum absolute atomic E-state index is 6.16. The molecule has 0 N–H and O–H groups in total. The Morgan fingerprint density at radius 3 is 2.20 bits per heavy atom. The van der Waals surface area contributed by atoms with Crippen molar-refractivity contribution in [1.82, 2.24) is 0 Å². The molecule has 0 saturated carbocycles. The minimum atomic E-state index is 0.0116. The molecule has 0 aromatic heterocycles. The van der Waals surface area contributed by atoms with Crippen molar-refractivity contribution in [2.75, 3.05) is 10.7 Å². The third-order valence-electron chi connectivity index (χ3n) is 3.40. The number of alkyl halides is 2. The average molecular weight is 528 g/mol. The van der Waals surface area contributed by atoms with Crippen LogP contribution < -0.4 is 0 Å². The van der Waals surface area contributed by atoms with E-state index in [-0.39, 0.29) is 5.41 Å². The first-order chi connectivity index (χ1) is 9.59. The number of hydrogen-bond donors (Lipinski definition) is 0. The van der Waals surface area contributed by atoms with Gasteiger partial charge in [-0.2, -0.15) is 0 Å². The van der Waals surface area contributed by atoms with Gasteiger partial charge in [0, 0.05) is 24.7 Å². The van der Waals surface area contributed by atoms with Gasteiger partial charge in [0.2, 0.25) is 0 Å². The van der Waals surface area contributed by atoms with Gasteiger partial charge in [-0.25, -0.2) is 0 Å². The maximum atomic E-state index is 6.16. The minimum absolute atomic E-state index is 0.0116. The van der Waals surface area contributed by atoms with E-state index in [2.05, 4.69) is 90.8 Å². The molecule has 0 aliphatic rings. The average Bonchev–Trinajstić information content (AvgIpc) is 2.47. The van der Waals surface area contributed by atoms with E-state index in [1.165, 1.54) is 14.7 Å². The molecule has 0 nitrogen and oxygen atoms in total. The molecule has 0 saturated heterocycles. The summed E-state index contributed by atoms with van der Waals surface area (Å²) in [6.45, 7) is 0. The fourth-order valence-corrected chi connectivity index (χ4v) is 4.72. The molecule has 106 valence electrons. The molecule has 0 amide bonds. The summed E-state index contributed by atoms with van der Waals surface area (Å²) in [7, 11) is 0. The van der Waals surface area contributed by atoms with E-state index >= 15 is 0 Å². The zero-order valence-corrected chi connectivity index (χ0v) is 16.8. The Kier molecular flexibility index (Phi) is 6.39. The summed E-state index contributed by atoms with van der Waals surface area (Å²) < 4.78 is 1.26. The van der Waals surface area contributed by atoms with Gasteiger partial charge in [0.1, 0.15) is 0 Å². The first kappa shape index (κ1) is 16.8. The van der Waals surface area contributed by atoms with Gasteiger partial charge >= 0.3 is 0 Å². The molecule has 0 bridgehead atoms. The fraction of sp³-hybridized carbons (Fsp3) is 0.250. The van der Waals surface area contributed by atoms with Crippen LogP contribution in [-0.4, -0.2) is 10.7 Å². The van der Waals surface area contributed by atoms with Gasteiger partial charge in [-0.3, -0.25) is 0 Å². The molecule has 0 atom stereocenters. The van der Waals surface area contributed by atoms with E-state index in [0.717, 1.165) is 22.1 Å². The van der Waals surface area contributed by atoms with Gasteiger partial charge in [-0.15, -0.1) is 0 Å². The monoisotopic (exact) mass is 526 g/mol. The van der Waals surface area contributed by atoms with E-state index in [0.29, 0.717) is 0 Å². The SMILES string of the molecule is Clc1cccc(C(CBr)(CBr)Cc2ccc(I)cc2)c1. The summed E-state index contributed by atoms with van der Waals surface area (Å²) in [5.41, 5.74) is 2.61. The minimum Gasteiger partial charge on any atom is -0.0918 e. The van der Waals surface area contributed by atoms with Crippen molar-refractivity contribution in [1.29, 1.82) is 0 Å². The lowest BCUT2D eigenvalue weighted by Gasteiger charge is -2.31. The lowest BCUT2D eigenvalue weighted by Crippen LogP contribution is -2.33. The van der Waals surface area contributed by atoms with Crippen LogP contribution in [-0.2, 0) is 11.8 Å². The Morgan fingerprint density at radius 1 is 1.00 bits per heavy atom. The standard InChI is InChI=1S/C16H14Br2ClI/c17-10-16(11-18,13-2-1-3-14(19)8-13)9-12-4-6-15(20)7-5-12/h1-8H,9-11H2. The molecule has 0 fully saturated rings. The van der Waals surface area contributed by atoms with Crippen LogP contribution in [0.3, 0.4) is 0 Å². The van der Waals surface area contributed by atoms with E-state index < -0.39 is 0 Å². The number of benzene rings is 2. The van der Waals surface area contributed by atoms with Crippen LogP contribution >= 0.6 is 66.1 Å². The van der Waals surface area contributed by atoms with Crippen LogP contribution in [0.25, 0.3) is 0 Å². The lowest BCUT2D eigenvalue weighted by atomic mass is 9.79. The first-order valence-corrected chi connectivity index (χ1v) is 9.92. The molecule has 2 aromatic carbocycles. The zero-order valence-electron chi connectivity index (χ0n) is 10.8. The topological polar surface area (TPSA) is 0 Å². The van der Waals surface area contributed by atoms with E-state index in [4.69, 9.17) is 11.6 Å². The molecular formula is C16H14Br2ClI. The zero-order chi connectivity index (χ0) is 14.6. The second-order valence-corrected chi connectivity index (χ2v) is 7.66. The summed E-state index contributed by atoms with van der Waals surface area (Å²) >= 11 is 15.9. The molecule has 0 heterocycles.